The Hall–Kier alpha value is -2.81. The van der Waals surface area contributed by atoms with Crippen LogP contribution in [0.4, 0.5) is 11.4 Å². The van der Waals surface area contributed by atoms with Gasteiger partial charge in [0.15, 0.2) is 5.17 Å². The Morgan fingerprint density at radius 3 is 2.56 bits per heavy atom. The number of sulfonamides is 1. The first-order valence-electron chi connectivity index (χ1n) is 9.78. The monoisotopic (exact) mass is 485 g/mol. The van der Waals surface area contributed by atoms with Gasteiger partial charge >= 0.3 is 0 Å². The fourth-order valence-electron chi connectivity index (χ4n) is 3.27. The minimum Gasteiger partial charge on any atom is -0.325 e. The van der Waals surface area contributed by atoms with E-state index in [2.05, 4.69) is 9.71 Å². The van der Waals surface area contributed by atoms with Crippen LogP contribution in [-0.4, -0.2) is 25.2 Å². The number of para-hydroxylation sites is 1. The van der Waals surface area contributed by atoms with Crippen LogP contribution < -0.4 is 10.2 Å². The lowest BCUT2D eigenvalue weighted by atomic mass is 10.2. The number of thioether (sulfide) groups is 1. The first kappa shape index (κ1) is 22.4. The number of halogens is 1. The molecule has 3 aromatic rings. The van der Waals surface area contributed by atoms with Crippen molar-refractivity contribution in [2.45, 2.75) is 18.4 Å². The van der Waals surface area contributed by atoms with Gasteiger partial charge in [0.25, 0.3) is 10.0 Å². The van der Waals surface area contributed by atoms with E-state index in [9.17, 15) is 13.2 Å². The van der Waals surface area contributed by atoms with Crippen LogP contribution in [-0.2, 0) is 21.4 Å². The maximum absolute atomic E-state index is 12.8. The van der Waals surface area contributed by atoms with Gasteiger partial charge in [0.05, 0.1) is 18.0 Å². The lowest BCUT2D eigenvalue weighted by molar-refractivity contribution is -0.113. The van der Waals surface area contributed by atoms with Crippen molar-refractivity contribution in [3.63, 3.8) is 0 Å². The highest BCUT2D eigenvalue weighted by atomic mass is 35.5. The van der Waals surface area contributed by atoms with Crippen molar-refractivity contribution in [3.05, 3.63) is 88.9 Å². The molecule has 1 aliphatic rings. The second kappa shape index (κ2) is 9.36. The molecule has 0 aromatic heterocycles. The standard InChI is InChI=1S/C23H20ClN3O3S2/c1-16-11-12-18(24)13-19(16)25-22(28)15-31-23-26-32(29,30)21-10-6-5-9-20(21)27(23)14-17-7-3-2-4-8-17/h2-13H,14-15H2,1H3,(H,25,28). The Morgan fingerprint density at radius 1 is 1.06 bits per heavy atom. The van der Waals surface area contributed by atoms with Crippen LogP contribution >= 0.6 is 23.4 Å². The zero-order chi connectivity index (χ0) is 22.7. The van der Waals surface area contributed by atoms with Gasteiger partial charge < -0.3 is 10.2 Å². The number of nitrogens with zero attached hydrogens (tertiary/aromatic N) is 2. The van der Waals surface area contributed by atoms with Crippen LogP contribution in [0.2, 0.25) is 5.02 Å². The molecule has 1 amide bonds. The Balaban J connectivity index is 1.58. The third-order valence-electron chi connectivity index (χ3n) is 4.85. The molecule has 164 valence electrons. The van der Waals surface area contributed by atoms with Crippen LogP contribution in [0.5, 0.6) is 0 Å². The van der Waals surface area contributed by atoms with Crippen molar-refractivity contribution in [1.29, 1.82) is 0 Å². The third kappa shape index (κ3) is 4.98. The number of benzene rings is 3. The lowest BCUT2D eigenvalue weighted by Gasteiger charge is -2.30. The van der Waals surface area contributed by atoms with E-state index >= 15 is 0 Å². The van der Waals surface area contributed by atoms with E-state index in [4.69, 9.17) is 11.6 Å². The van der Waals surface area contributed by atoms with Crippen molar-refractivity contribution in [2.75, 3.05) is 16.0 Å². The second-order valence-electron chi connectivity index (χ2n) is 7.18. The largest absolute Gasteiger partial charge is 0.325 e. The lowest BCUT2D eigenvalue weighted by Crippen LogP contribution is -2.34. The number of amidine groups is 1. The molecule has 0 saturated heterocycles. The fourth-order valence-corrected chi connectivity index (χ4v) is 5.69. The molecule has 1 heterocycles. The molecule has 0 aliphatic carbocycles. The molecule has 1 aliphatic heterocycles. The molecule has 9 heteroatoms. The molecule has 32 heavy (non-hydrogen) atoms. The summed E-state index contributed by atoms with van der Waals surface area (Å²) in [6, 6.07) is 21.7. The highest BCUT2D eigenvalue weighted by molar-refractivity contribution is 8.15. The number of nitrogens with one attached hydrogen (secondary N) is 1. The number of carbonyl (C=O) groups is 1. The Morgan fingerprint density at radius 2 is 1.78 bits per heavy atom. The average Bonchev–Trinajstić information content (AvgIpc) is 2.78. The zero-order valence-corrected chi connectivity index (χ0v) is 19.5. The smallest absolute Gasteiger partial charge is 0.286 e. The Labute approximate surface area is 196 Å². The van der Waals surface area contributed by atoms with E-state index in [0.717, 1.165) is 22.9 Å². The molecule has 0 saturated carbocycles. The number of anilines is 2. The quantitative estimate of drug-likeness (QED) is 0.544. The summed E-state index contributed by atoms with van der Waals surface area (Å²) in [4.78, 5) is 14.6. The van der Waals surface area contributed by atoms with Crippen LogP contribution in [0.25, 0.3) is 0 Å². The molecule has 1 N–H and O–H groups in total. The summed E-state index contributed by atoms with van der Waals surface area (Å²) < 4.78 is 29.5. The SMILES string of the molecule is Cc1ccc(Cl)cc1NC(=O)CSC1=NS(=O)(=O)c2ccccc2N1Cc1ccccc1. The molecule has 6 nitrogen and oxygen atoms in total. The minimum atomic E-state index is -3.86. The molecular formula is C23H20ClN3O3S2. The first-order valence-corrected chi connectivity index (χ1v) is 12.6. The van der Waals surface area contributed by atoms with E-state index in [-0.39, 0.29) is 21.7 Å². The van der Waals surface area contributed by atoms with E-state index in [0.29, 0.717) is 22.9 Å². The number of aryl methyl sites for hydroxylation is 1. The molecule has 3 aromatic carbocycles. The number of fused-ring (bicyclic) bond motifs is 1. The van der Waals surface area contributed by atoms with Crippen molar-refractivity contribution in [1.82, 2.24) is 0 Å². The molecule has 0 atom stereocenters. The van der Waals surface area contributed by atoms with Crippen LogP contribution in [0, 0.1) is 6.92 Å². The van der Waals surface area contributed by atoms with Gasteiger partial charge in [-0.25, -0.2) is 0 Å². The van der Waals surface area contributed by atoms with Gasteiger partial charge in [0, 0.05) is 10.7 Å². The third-order valence-corrected chi connectivity index (χ3v) is 7.49. The molecule has 4 rings (SSSR count). The number of hydrogen-bond acceptors (Lipinski definition) is 5. The summed E-state index contributed by atoms with van der Waals surface area (Å²) in [7, 11) is -3.86. The number of hydrogen-bond donors (Lipinski definition) is 1. The van der Waals surface area contributed by atoms with E-state index in [1.165, 1.54) is 0 Å². The van der Waals surface area contributed by atoms with E-state index in [1.54, 1.807) is 36.4 Å². The fraction of sp³-hybridized carbons (Fsp3) is 0.130. The summed E-state index contributed by atoms with van der Waals surface area (Å²) in [6.45, 7) is 2.30. The molecular weight excluding hydrogens is 466 g/mol. The van der Waals surface area contributed by atoms with Crippen molar-refractivity contribution in [2.24, 2.45) is 4.40 Å². The second-order valence-corrected chi connectivity index (χ2v) is 10.1. The van der Waals surface area contributed by atoms with Crippen molar-refractivity contribution in [3.8, 4) is 0 Å². The van der Waals surface area contributed by atoms with Crippen molar-refractivity contribution < 1.29 is 13.2 Å². The number of amides is 1. The highest BCUT2D eigenvalue weighted by Crippen LogP contribution is 2.35. The average molecular weight is 486 g/mol. The van der Waals surface area contributed by atoms with Crippen LogP contribution in [0.3, 0.4) is 0 Å². The van der Waals surface area contributed by atoms with Gasteiger partial charge in [-0.3, -0.25) is 4.79 Å². The predicted octanol–water partition coefficient (Wildman–Crippen LogP) is 5.09. The summed E-state index contributed by atoms with van der Waals surface area (Å²) in [5.74, 6) is -0.285. The van der Waals surface area contributed by atoms with Crippen molar-refractivity contribution >= 4 is 55.8 Å². The zero-order valence-electron chi connectivity index (χ0n) is 17.2. The summed E-state index contributed by atoms with van der Waals surface area (Å²) in [6.07, 6.45) is 0. The topological polar surface area (TPSA) is 78.8 Å². The maximum atomic E-state index is 12.8. The molecule has 0 radical (unpaired) electrons. The summed E-state index contributed by atoms with van der Waals surface area (Å²) in [5, 5.41) is 3.60. The van der Waals surface area contributed by atoms with E-state index < -0.39 is 10.0 Å². The van der Waals surface area contributed by atoms with Gasteiger partial charge in [-0.1, -0.05) is 71.9 Å². The van der Waals surface area contributed by atoms with Crippen LogP contribution in [0.15, 0.2) is 82.1 Å². The highest BCUT2D eigenvalue weighted by Gasteiger charge is 2.31. The molecule has 0 fully saturated rings. The molecule has 0 spiro atoms. The van der Waals surface area contributed by atoms with Crippen LogP contribution in [0.1, 0.15) is 11.1 Å². The van der Waals surface area contributed by atoms with Gasteiger partial charge in [-0.2, -0.15) is 8.42 Å². The normalized spacial score (nSPS) is 14.4. The van der Waals surface area contributed by atoms with Gasteiger partial charge in [-0.15, -0.1) is 4.40 Å². The van der Waals surface area contributed by atoms with Gasteiger partial charge in [0.1, 0.15) is 4.90 Å². The minimum absolute atomic E-state index is 0.00619. The molecule has 0 bridgehead atoms. The maximum Gasteiger partial charge on any atom is 0.286 e. The molecule has 0 unspecified atom stereocenters. The summed E-state index contributed by atoms with van der Waals surface area (Å²) >= 11 is 7.11. The number of rotatable bonds is 5. The Bertz CT molecular complexity index is 1290. The first-order chi connectivity index (χ1) is 15.3. The Kier molecular flexibility index (Phi) is 6.55. The predicted molar refractivity (Wildman–Crippen MR) is 131 cm³/mol. The number of carbonyl (C=O) groups excluding carboxylic acids is 1. The van der Waals surface area contributed by atoms with E-state index in [1.807, 2.05) is 48.2 Å². The van der Waals surface area contributed by atoms with Gasteiger partial charge in [-0.05, 0) is 42.3 Å². The summed E-state index contributed by atoms with van der Waals surface area (Å²) in [5.41, 5.74) is 3.03. The van der Waals surface area contributed by atoms with Gasteiger partial charge in [0.2, 0.25) is 5.91 Å².